The van der Waals surface area contributed by atoms with E-state index in [1.54, 1.807) is 16.8 Å². The number of unbranched alkanes of at least 4 members (excludes halogenated alkanes) is 1. The Labute approximate surface area is 119 Å². The number of thiazole rings is 1. The second kappa shape index (κ2) is 6.51. The molecule has 0 spiro atoms. The minimum atomic E-state index is -0.630. The molecule has 0 amide bonds. The van der Waals surface area contributed by atoms with Crippen LogP contribution in [0.2, 0.25) is 0 Å². The third-order valence-electron chi connectivity index (χ3n) is 4.48. The van der Waals surface area contributed by atoms with E-state index in [0.29, 0.717) is 6.42 Å². The summed E-state index contributed by atoms with van der Waals surface area (Å²) in [5.41, 5.74) is 2.17. The van der Waals surface area contributed by atoms with Crippen LogP contribution in [0.5, 0.6) is 0 Å². The third-order valence-corrected chi connectivity index (χ3v) is 5.12. The van der Waals surface area contributed by atoms with E-state index in [0.717, 1.165) is 37.3 Å². The number of aromatic nitrogens is 1. The van der Waals surface area contributed by atoms with Gasteiger partial charge in [0.05, 0.1) is 16.6 Å². The predicted molar refractivity (Wildman–Crippen MR) is 77.4 cm³/mol. The molecule has 0 saturated heterocycles. The normalized spacial score (nSPS) is 27.3. The average Bonchev–Trinajstić information content (AvgIpc) is 2.90. The fourth-order valence-corrected chi connectivity index (χ4v) is 3.71. The summed E-state index contributed by atoms with van der Waals surface area (Å²) < 4.78 is 0. The van der Waals surface area contributed by atoms with Crippen molar-refractivity contribution in [3.05, 3.63) is 16.6 Å². The fourth-order valence-electron chi connectivity index (χ4n) is 3.15. The van der Waals surface area contributed by atoms with Gasteiger partial charge < -0.3 is 5.11 Å². The molecular formula is C15H23NO2S. The largest absolute Gasteiger partial charge is 0.481 e. The maximum atomic E-state index is 11.7. The molecule has 0 atom stereocenters. The first-order valence-electron chi connectivity index (χ1n) is 7.27. The van der Waals surface area contributed by atoms with Gasteiger partial charge in [0.2, 0.25) is 0 Å². The molecule has 1 fully saturated rings. The molecule has 106 valence electrons. The molecular weight excluding hydrogens is 258 g/mol. The molecule has 0 aromatic carbocycles. The number of carboxylic acids is 1. The Morgan fingerprint density at radius 1 is 1.53 bits per heavy atom. The second-order valence-electron chi connectivity index (χ2n) is 5.83. The summed E-state index contributed by atoms with van der Waals surface area (Å²) in [6.07, 6.45) is 8.14. The van der Waals surface area contributed by atoms with Gasteiger partial charge in [-0.15, -0.1) is 11.3 Å². The average molecular weight is 281 g/mol. The molecule has 1 aromatic rings. The maximum absolute atomic E-state index is 11.7. The Kier molecular flexibility index (Phi) is 4.97. The van der Waals surface area contributed by atoms with Gasteiger partial charge >= 0.3 is 5.97 Å². The molecule has 4 heteroatoms. The summed E-state index contributed by atoms with van der Waals surface area (Å²) in [5, 5.41) is 11.6. The lowest BCUT2D eigenvalue weighted by Gasteiger charge is -2.36. The van der Waals surface area contributed by atoms with Crippen molar-refractivity contribution < 1.29 is 9.90 Å². The van der Waals surface area contributed by atoms with Gasteiger partial charge in [-0.2, -0.15) is 0 Å². The second-order valence-corrected chi connectivity index (χ2v) is 6.55. The summed E-state index contributed by atoms with van der Waals surface area (Å²) in [6, 6.07) is 0. The molecule has 19 heavy (non-hydrogen) atoms. The van der Waals surface area contributed by atoms with Crippen LogP contribution in [0.4, 0.5) is 0 Å². The van der Waals surface area contributed by atoms with Crippen molar-refractivity contribution in [3.8, 4) is 0 Å². The molecule has 0 radical (unpaired) electrons. The lowest BCUT2D eigenvalue weighted by Crippen LogP contribution is -2.37. The molecule has 1 heterocycles. The van der Waals surface area contributed by atoms with Crippen molar-refractivity contribution in [2.24, 2.45) is 11.3 Å². The van der Waals surface area contributed by atoms with Crippen molar-refractivity contribution in [1.82, 2.24) is 4.98 Å². The summed E-state index contributed by atoms with van der Waals surface area (Å²) >= 11 is 1.55. The van der Waals surface area contributed by atoms with Crippen molar-refractivity contribution in [2.45, 2.75) is 58.3 Å². The van der Waals surface area contributed by atoms with E-state index >= 15 is 0 Å². The molecule has 1 aromatic heterocycles. The lowest BCUT2D eigenvalue weighted by atomic mass is 9.67. The smallest absolute Gasteiger partial charge is 0.310 e. The number of nitrogens with zero attached hydrogens (tertiary/aromatic N) is 1. The van der Waals surface area contributed by atoms with E-state index in [4.69, 9.17) is 0 Å². The first kappa shape index (κ1) is 14.5. The zero-order valence-electron chi connectivity index (χ0n) is 11.6. The Balaban J connectivity index is 1.97. The van der Waals surface area contributed by atoms with Crippen LogP contribution in [0.25, 0.3) is 0 Å². The Morgan fingerprint density at radius 2 is 2.26 bits per heavy atom. The zero-order valence-corrected chi connectivity index (χ0v) is 12.4. The summed E-state index contributed by atoms with van der Waals surface area (Å²) in [6.45, 7) is 2.21. The molecule has 1 aliphatic rings. The van der Waals surface area contributed by atoms with Gasteiger partial charge in [0.1, 0.15) is 0 Å². The third kappa shape index (κ3) is 3.56. The minimum absolute atomic E-state index is 0.559. The zero-order chi connectivity index (χ0) is 13.7. The lowest BCUT2D eigenvalue weighted by molar-refractivity contribution is -0.151. The van der Waals surface area contributed by atoms with Crippen molar-refractivity contribution >= 4 is 17.3 Å². The van der Waals surface area contributed by atoms with Crippen LogP contribution in [0.3, 0.4) is 0 Å². The highest BCUT2D eigenvalue weighted by molar-refractivity contribution is 7.07. The number of hydrogen-bond acceptors (Lipinski definition) is 3. The van der Waals surface area contributed by atoms with E-state index < -0.39 is 11.4 Å². The van der Waals surface area contributed by atoms with Crippen molar-refractivity contribution in [2.75, 3.05) is 0 Å². The van der Waals surface area contributed by atoms with Crippen LogP contribution in [0.1, 0.15) is 57.6 Å². The monoisotopic (exact) mass is 281 g/mol. The van der Waals surface area contributed by atoms with Gasteiger partial charge in [0.15, 0.2) is 0 Å². The molecule has 0 aliphatic heterocycles. The SMILES string of the molecule is CCCCC1CCC(Cc2cscn2)(C(=O)O)CC1. The van der Waals surface area contributed by atoms with E-state index in [9.17, 15) is 9.90 Å². The van der Waals surface area contributed by atoms with Crippen molar-refractivity contribution in [1.29, 1.82) is 0 Å². The topological polar surface area (TPSA) is 50.2 Å². The molecule has 1 aliphatic carbocycles. The first-order chi connectivity index (χ1) is 9.16. The number of aliphatic carboxylic acids is 1. The summed E-state index contributed by atoms with van der Waals surface area (Å²) in [7, 11) is 0. The molecule has 1 saturated carbocycles. The van der Waals surface area contributed by atoms with Crippen LogP contribution >= 0.6 is 11.3 Å². The highest BCUT2D eigenvalue weighted by Crippen LogP contribution is 2.43. The Bertz CT molecular complexity index is 394. The van der Waals surface area contributed by atoms with Crippen LogP contribution in [0, 0.1) is 11.3 Å². The molecule has 0 bridgehead atoms. The van der Waals surface area contributed by atoms with Crippen LogP contribution in [-0.2, 0) is 11.2 Å². The number of carbonyl (C=O) groups is 1. The summed E-state index contributed by atoms with van der Waals surface area (Å²) in [4.78, 5) is 16.0. The maximum Gasteiger partial charge on any atom is 0.310 e. The van der Waals surface area contributed by atoms with E-state index in [2.05, 4.69) is 11.9 Å². The Morgan fingerprint density at radius 3 is 2.79 bits per heavy atom. The molecule has 2 rings (SSSR count). The molecule has 3 nitrogen and oxygen atoms in total. The summed E-state index contributed by atoms with van der Waals surface area (Å²) in [5.74, 6) is 0.109. The van der Waals surface area contributed by atoms with E-state index in [-0.39, 0.29) is 0 Å². The number of hydrogen-bond donors (Lipinski definition) is 1. The highest BCUT2D eigenvalue weighted by Gasteiger charge is 2.42. The van der Waals surface area contributed by atoms with Crippen LogP contribution in [-0.4, -0.2) is 16.1 Å². The number of carboxylic acid groups (broad SMARTS) is 1. The predicted octanol–water partition coefficient (Wildman–Crippen LogP) is 4.14. The van der Waals surface area contributed by atoms with Crippen molar-refractivity contribution in [3.63, 3.8) is 0 Å². The van der Waals surface area contributed by atoms with E-state index in [1.165, 1.54) is 19.3 Å². The van der Waals surface area contributed by atoms with Gasteiger partial charge in [-0.25, -0.2) is 4.98 Å². The van der Waals surface area contributed by atoms with Gasteiger partial charge in [-0.05, 0) is 31.6 Å². The van der Waals surface area contributed by atoms with Gasteiger partial charge in [0.25, 0.3) is 0 Å². The van der Waals surface area contributed by atoms with Crippen LogP contribution < -0.4 is 0 Å². The fraction of sp³-hybridized carbons (Fsp3) is 0.733. The molecule has 0 unspecified atom stereocenters. The van der Waals surface area contributed by atoms with E-state index in [1.807, 2.05) is 5.38 Å². The number of rotatable bonds is 6. The quantitative estimate of drug-likeness (QED) is 0.852. The van der Waals surface area contributed by atoms with Gasteiger partial charge in [-0.1, -0.05) is 26.2 Å². The Hall–Kier alpha value is -0.900. The van der Waals surface area contributed by atoms with Gasteiger partial charge in [-0.3, -0.25) is 4.79 Å². The standard InChI is InChI=1S/C15H23NO2S/c1-2-3-4-12-5-7-15(8-6-12,14(17)18)9-13-10-19-11-16-13/h10-12H,2-9H2,1H3,(H,17,18). The van der Waals surface area contributed by atoms with Crippen LogP contribution in [0.15, 0.2) is 10.9 Å². The molecule has 1 N–H and O–H groups in total. The van der Waals surface area contributed by atoms with Gasteiger partial charge in [0, 0.05) is 11.8 Å². The highest BCUT2D eigenvalue weighted by atomic mass is 32.1. The first-order valence-corrected chi connectivity index (χ1v) is 8.21. The minimum Gasteiger partial charge on any atom is -0.481 e.